The van der Waals surface area contributed by atoms with Crippen LogP contribution in [-0.2, 0) is 12.1 Å². The van der Waals surface area contributed by atoms with Gasteiger partial charge in [-0.2, -0.15) is 0 Å². The summed E-state index contributed by atoms with van der Waals surface area (Å²) in [6.07, 6.45) is 3.48. The van der Waals surface area contributed by atoms with Gasteiger partial charge in [-0.1, -0.05) is 5.16 Å². The molecule has 0 aliphatic carbocycles. The minimum Gasteiger partial charge on any atom is -0.470 e. The van der Waals surface area contributed by atoms with Crippen molar-refractivity contribution in [1.29, 1.82) is 0 Å². The van der Waals surface area contributed by atoms with Crippen molar-refractivity contribution in [1.82, 2.24) is 19.4 Å². The van der Waals surface area contributed by atoms with Crippen molar-refractivity contribution in [2.75, 3.05) is 12.8 Å². The third-order valence-corrected chi connectivity index (χ3v) is 6.33. The highest BCUT2D eigenvalue weighted by Gasteiger charge is 2.35. The molecular weight excluding hydrogens is 469 g/mol. The Bertz CT molecular complexity index is 1260. The highest BCUT2D eigenvalue weighted by molar-refractivity contribution is 7.97. The maximum atomic E-state index is 14.8. The van der Waals surface area contributed by atoms with Gasteiger partial charge in [-0.05, 0) is 49.6 Å². The number of nitrogens with two attached hydrogens (primary N) is 1. The molecule has 0 fully saturated rings. The molecule has 4 rings (SSSR count). The summed E-state index contributed by atoms with van der Waals surface area (Å²) in [6, 6.07) is 3.97. The number of hydrogen-bond acceptors (Lipinski definition) is 9. The largest absolute Gasteiger partial charge is 0.470 e. The molecule has 8 nitrogen and oxygen atoms in total. The second-order valence-corrected chi connectivity index (χ2v) is 8.92. The number of hydrogen-bond donors (Lipinski definition) is 1. The van der Waals surface area contributed by atoms with Crippen molar-refractivity contribution in [2.24, 2.45) is 10.7 Å². The third kappa shape index (κ3) is 5.01. The first-order valence-corrected chi connectivity index (χ1v) is 11.0. The number of aryl methyl sites for hydroxylation is 1. The summed E-state index contributed by atoms with van der Waals surface area (Å²) < 4.78 is 55.9. The number of guanidine groups is 1. The summed E-state index contributed by atoms with van der Waals surface area (Å²) in [5.41, 5.74) is 5.32. The molecule has 0 bridgehead atoms. The Labute approximate surface area is 197 Å². The SMILES string of the molecule is Cc1cc(COc2cnc(C(F)=Cc3cc(F)c(F)c(C4(C)CSN(C)C(N)=N4)c3)cn2)no1. The molecule has 3 aromatic rings. The zero-order valence-corrected chi connectivity index (χ0v) is 19.4. The van der Waals surface area contributed by atoms with E-state index in [0.29, 0.717) is 17.2 Å². The summed E-state index contributed by atoms with van der Waals surface area (Å²) in [4.78, 5) is 12.3. The smallest absolute Gasteiger partial charge is 0.232 e. The lowest BCUT2D eigenvalue weighted by atomic mass is 9.92. The van der Waals surface area contributed by atoms with Gasteiger partial charge in [0.1, 0.15) is 29.3 Å². The van der Waals surface area contributed by atoms with E-state index in [1.54, 1.807) is 31.3 Å². The fourth-order valence-corrected chi connectivity index (χ4v) is 4.07. The molecule has 2 N–H and O–H groups in total. The van der Waals surface area contributed by atoms with Gasteiger partial charge < -0.3 is 15.0 Å². The zero-order chi connectivity index (χ0) is 24.5. The summed E-state index contributed by atoms with van der Waals surface area (Å²) in [7, 11) is 1.72. The first-order valence-electron chi connectivity index (χ1n) is 10.1. The van der Waals surface area contributed by atoms with E-state index in [-0.39, 0.29) is 35.3 Å². The van der Waals surface area contributed by atoms with Crippen molar-refractivity contribution < 1.29 is 22.4 Å². The van der Waals surface area contributed by atoms with Crippen LogP contribution in [0.2, 0.25) is 0 Å². The molecule has 1 aliphatic rings. The fourth-order valence-electron chi connectivity index (χ4n) is 3.24. The average molecular weight is 491 g/mol. The molecule has 0 saturated carbocycles. The second kappa shape index (κ2) is 9.37. The van der Waals surface area contributed by atoms with Gasteiger partial charge in [0.25, 0.3) is 0 Å². The predicted octanol–water partition coefficient (Wildman–Crippen LogP) is 4.22. The van der Waals surface area contributed by atoms with Gasteiger partial charge in [0.15, 0.2) is 17.5 Å². The van der Waals surface area contributed by atoms with Gasteiger partial charge in [0, 0.05) is 24.4 Å². The highest BCUT2D eigenvalue weighted by atomic mass is 32.2. The van der Waals surface area contributed by atoms with Crippen LogP contribution in [-0.4, -0.2) is 38.2 Å². The molecule has 1 aliphatic heterocycles. The van der Waals surface area contributed by atoms with Crippen LogP contribution in [0, 0.1) is 18.6 Å². The molecule has 2 aromatic heterocycles. The molecule has 0 radical (unpaired) electrons. The Morgan fingerprint density at radius 3 is 2.74 bits per heavy atom. The number of benzene rings is 1. The number of halogens is 3. The maximum Gasteiger partial charge on any atom is 0.232 e. The van der Waals surface area contributed by atoms with E-state index in [9.17, 15) is 13.2 Å². The van der Waals surface area contributed by atoms with E-state index in [2.05, 4.69) is 20.1 Å². The van der Waals surface area contributed by atoms with Gasteiger partial charge >= 0.3 is 0 Å². The highest BCUT2D eigenvalue weighted by Crippen LogP contribution is 2.37. The Morgan fingerprint density at radius 1 is 1.29 bits per heavy atom. The fraction of sp³-hybridized carbons (Fsp3) is 0.273. The molecule has 178 valence electrons. The van der Waals surface area contributed by atoms with E-state index in [1.165, 1.54) is 30.4 Å². The van der Waals surface area contributed by atoms with E-state index in [1.807, 2.05) is 0 Å². The maximum absolute atomic E-state index is 14.8. The Kier molecular flexibility index (Phi) is 6.51. The Hall–Kier alpha value is -3.54. The van der Waals surface area contributed by atoms with Crippen LogP contribution in [0.25, 0.3) is 11.9 Å². The molecular formula is C22H21F3N6O2S. The topological polar surface area (TPSA) is 103 Å². The van der Waals surface area contributed by atoms with E-state index in [4.69, 9.17) is 15.0 Å². The standard InChI is InChI=1S/C22H21F3N6O2S/c1-12-4-14(30-33-12)10-32-19-9-27-18(8-28-19)16(23)6-13-5-15(20(25)17(24)7-13)22(2)11-34-31(3)21(26)29-22/h4-9H,10-11H2,1-3H3,(H2,26,29). The van der Waals surface area contributed by atoms with Crippen LogP contribution in [0.1, 0.15) is 35.2 Å². The van der Waals surface area contributed by atoms with Crippen molar-refractivity contribution in [3.63, 3.8) is 0 Å². The number of nitrogens with zero attached hydrogens (tertiary/aromatic N) is 5. The van der Waals surface area contributed by atoms with Crippen LogP contribution >= 0.6 is 11.9 Å². The van der Waals surface area contributed by atoms with E-state index in [0.717, 1.165) is 12.1 Å². The average Bonchev–Trinajstić information content (AvgIpc) is 3.23. The van der Waals surface area contributed by atoms with Gasteiger partial charge in [0.05, 0.1) is 12.4 Å². The molecule has 0 spiro atoms. The molecule has 0 amide bonds. The minimum atomic E-state index is -1.12. The second-order valence-electron chi connectivity index (χ2n) is 7.83. The summed E-state index contributed by atoms with van der Waals surface area (Å²) in [5.74, 6) is -1.63. The Morgan fingerprint density at radius 2 is 2.09 bits per heavy atom. The minimum absolute atomic E-state index is 0.0203. The molecule has 3 heterocycles. The summed E-state index contributed by atoms with van der Waals surface area (Å²) >= 11 is 1.32. The monoisotopic (exact) mass is 490 g/mol. The first-order chi connectivity index (χ1) is 16.1. The quantitative estimate of drug-likeness (QED) is 0.513. The van der Waals surface area contributed by atoms with Gasteiger partial charge in [-0.15, -0.1) is 0 Å². The van der Waals surface area contributed by atoms with Gasteiger partial charge in [-0.3, -0.25) is 4.31 Å². The zero-order valence-electron chi connectivity index (χ0n) is 18.6. The number of rotatable bonds is 6. The number of aromatic nitrogens is 3. The van der Waals surface area contributed by atoms with Gasteiger partial charge in [-0.25, -0.2) is 28.1 Å². The molecule has 1 aromatic carbocycles. The first kappa shape index (κ1) is 23.6. The lowest BCUT2D eigenvalue weighted by molar-refractivity contribution is 0.276. The van der Waals surface area contributed by atoms with Crippen molar-refractivity contribution >= 4 is 29.8 Å². The van der Waals surface area contributed by atoms with Crippen LogP contribution in [0.3, 0.4) is 0 Å². The molecule has 34 heavy (non-hydrogen) atoms. The predicted molar refractivity (Wildman–Crippen MR) is 122 cm³/mol. The molecule has 1 unspecified atom stereocenters. The van der Waals surface area contributed by atoms with E-state index >= 15 is 0 Å². The van der Waals surface area contributed by atoms with Crippen LogP contribution < -0.4 is 10.5 Å². The van der Waals surface area contributed by atoms with Crippen molar-refractivity contribution in [3.8, 4) is 5.88 Å². The van der Waals surface area contributed by atoms with Crippen LogP contribution in [0.5, 0.6) is 5.88 Å². The number of aliphatic imine (C=N–C) groups is 1. The van der Waals surface area contributed by atoms with Crippen LogP contribution in [0.4, 0.5) is 13.2 Å². The Balaban J connectivity index is 1.55. The lowest BCUT2D eigenvalue weighted by Crippen LogP contribution is -2.40. The molecule has 12 heteroatoms. The number of ether oxygens (including phenoxy) is 1. The molecule has 1 atom stereocenters. The summed E-state index contributed by atoms with van der Waals surface area (Å²) in [5, 5.41) is 3.80. The van der Waals surface area contributed by atoms with Gasteiger partial charge in [0.2, 0.25) is 11.8 Å². The normalized spacial score (nSPS) is 18.7. The summed E-state index contributed by atoms with van der Waals surface area (Å²) in [6.45, 7) is 3.51. The van der Waals surface area contributed by atoms with Crippen molar-refractivity contribution in [2.45, 2.75) is 26.0 Å². The van der Waals surface area contributed by atoms with Crippen LogP contribution in [0.15, 0.2) is 40.1 Å². The molecule has 0 saturated heterocycles. The third-order valence-electron chi connectivity index (χ3n) is 5.06. The lowest BCUT2D eigenvalue weighted by Gasteiger charge is -2.34. The van der Waals surface area contributed by atoms with E-state index < -0.39 is 23.0 Å². The van der Waals surface area contributed by atoms with Crippen molar-refractivity contribution in [3.05, 3.63) is 70.5 Å².